The summed E-state index contributed by atoms with van der Waals surface area (Å²) in [6.07, 6.45) is 10.5. The van der Waals surface area contributed by atoms with Crippen molar-refractivity contribution in [1.82, 2.24) is 4.90 Å². The molecule has 5 atom stereocenters. The molecule has 4 heterocycles. The number of cyclic esters (lactones) is 1. The van der Waals surface area contributed by atoms with Crippen LogP contribution in [-0.4, -0.2) is 71.3 Å². The maximum absolute atomic E-state index is 14.3. The second-order valence-corrected chi connectivity index (χ2v) is 10.6. The fourth-order valence-corrected chi connectivity index (χ4v) is 6.49. The van der Waals surface area contributed by atoms with Gasteiger partial charge in [0.1, 0.15) is 23.2 Å². The van der Waals surface area contributed by atoms with Crippen molar-refractivity contribution in [2.24, 2.45) is 11.8 Å². The molecule has 0 radical (unpaired) electrons. The van der Waals surface area contributed by atoms with Gasteiger partial charge in [0.15, 0.2) is 0 Å². The zero-order chi connectivity index (χ0) is 26.2. The Morgan fingerprint density at radius 1 is 1.05 bits per heavy atom. The lowest BCUT2D eigenvalue weighted by Crippen LogP contribution is -2.56. The summed E-state index contributed by atoms with van der Waals surface area (Å²) in [5, 5.41) is 9.91. The molecule has 2 amide bonds. The zero-order valence-electron chi connectivity index (χ0n) is 21.0. The summed E-state index contributed by atoms with van der Waals surface area (Å²) in [5.74, 6) is -2.79. The van der Waals surface area contributed by atoms with Crippen molar-refractivity contribution in [2.45, 2.75) is 56.3 Å². The number of benzene rings is 1. The highest BCUT2D eigenvalue weighted by atomic mass is 35.5. The average molecular weight is 529 g/mol. The SMILES string of the molecule is CC[C@@]12/C=C\CCCOC(=O)[C@@H]1[C@H]1C(=O)N(CCCCO)C3C(=O)N(c4ccc(Cl)cc4)CC=C[C@@]31O2. The molecule has 8 nitrogen and oxygen atoms in total. The van der Waals surface area contributed by atoms with E-state index in [0.717, 1.165) is 6.42 Å². The number of carbonyl (C=O) groups excluding carboxylic acids is 3. The van der Waals surface area contributed by atoms with Gasteiger partial charge in [-0.25, -0.2) is 0 Å². The Labute approximate surface area is 221 Å². The van der Waals surface area contributed by atoms with Gasteiger partial charge in [-0.3, -0.25) is 14.4 Å². The van der Waals surface area contributed by atoms with Crippen LogP contribution in [0.4, 0.5) is 5.69 Å². The summed E-state index contributed by atoms with van der Waals surface area (Å²) in [6, 6.07) is 6.03. The molecule has 1 spiro atoms. The van der Waals surface area contributed by atoms with E-state index in [4.69, 9.17) is 21.1 Å². The minimum absolute atomic E-state index is 0.0127. The quantitative estimate of drug-likeness (QED) is 0.346. The van der Waals surface area contributed by atoms with Crippen LogP contribution in [0.5, 0.6) is 0 Å². The van der Waals surface area contributed by atoms with Crippen LogP contribution in [0.1, 0.15) is 39.0 Å². The molecule has 1 aromatic rings. The number of nitrogens with zero attached hydrogens (tertiary/aromatic N) is 2. The number of likely N-dealkylation sites (tertiary alicyclic amines) is 1. The number of esters is 1. The lowest BCUT2D eigenvalue weighted by Gasteiger charge is -2.38. The van der Waals surface area contributed by atoms with Gasteiger partial charge >= 0.3 is 5.97 Å². The fraction of sp³-hybridized carbons (Fsp3) is 0.536. The number of aliphatic hydroxyl groups is 1. The predicted octanol–water partition coefficient (Wildman–Crippen LogP) is 3.27. The van der Waals surface area contributed by atoms with Crippen molar-refractivity contribution < 1.29 is 29.0 Å². The van der Waals surface area contributed by atoms with Gasteiger partial charge < -0.3 is 24.4 Å². The molecule has 2 saturated heterocycles. The number of anilines is 1. The van der Waals surface area contributed by atoms with Gasteiger partial charge in [0.25, 0.3) is 5.91 Å². The normalized spacial score (nSPS) is 34.1. The van der Waals surface area contributed by atoms with Crippen molar-refractivity contribution in [1.29, 1.82) is 0 Å². The molecule has 0 aliphatic carbocycles. The first kappa shape index (κ1) is 25.9. The van der Waals surface area contributed by atoms with E-state index in [0.29, 0.717) is 36.4 Å². The Bertz CT molecular complexity index is 1120. The van der Waals surface area contributed by atoms with Crippen molar-refractivity contribution in [3.05, 3.63) is 53.6 Å². The molecule has 4 aliphatic rings. The van der Waals surface area contributed by atoms with Gasteiger partial charge in [-0.1, -0.05) is 42.8 Å². The number of hydrogen-bond donors (Lipinski definition) is 1. The van der Waals surface area contributed by atoms with Crippen LogP contribution in [0.3, 0.4) is 0 Å². The third-order valence-corrected chi connectivity index (χ3v) is 8.33. The summed E-state index contributed by atoms with van der Waals surface area (Å²) in [4.78, 5) is 45.2. The molecule has 0 aromatic heterocycles. The average Bonchev–Trinajstić information content (AvgIpc) is 3.26. The number of fused-ring (bicyclic) bond motifs is 2. The van der Waals surface area contributed by atoms with E-state index in [2.05, 4.69) is 0 Å². The molecule has 0 bridgehead atoms. The molecule has 5 rings (SSSR count). The Balaban J connectivity index is 1.63. The minimum Gasteiger partial charge on any atom is -0.465 e. The number of unbranched alkanes of at least 4 members (excludes halogenated alkanes) is 1. The van der Waals surface area contributed by atoms with E-state index < -0.39 is 35.0 Å². The van der Waals surface area contributed by atoms with E-state index >= 15 is 0 Å². The second-order valence-electron chi connectivity index (χ2n) is 10.1. The van der Waals surface area contributed by atoms with Crippen LogP contribution in [0, 0.1) is 11.8 Å². The number of hydrogen-bond acceptors (Lipinski definition) is 6. The van der Waals surface area contributed by atoms with Gasteiger partial charge in [0, 0.05) is 30.4 Å². The van der Waals surface area contributed by atoms with Crippen LogP contribution in [-0.2, 0) is 23.9 Å². The predicted molar refractivity (Wildman–Crippen MR) is 138 cm³/mol. The number of rotatable bonds is 6. The van der Waals surface area contributed by atoms with Crippen LogP contribution >= 0.6 is 11.6 Å². The molecule has 1 N–H and O–H groups in total. The third-order valence-electron chi connectivity index (χ3n) is 8.08. The Morgan fingerprint density at radius 3 is 2.57 bits per heavy atom. The lowest BCUT2D eigenvalue weighted by molar-refractivity contribution is -0.159. The highest BCUT2D eigenvalue weighted by Gasteiger charge is 2.75. The first-order valence-corrected chi connectivity index (χ1v) is 13.5. The lowest BCUT2D eigenvalue weighted by atomic mass is 9.73. The number of aliphatic hydroxyl groups excluding tert-OH is 1. The molecule has 37 heavy (non-hydrogen) atoms. The van der Waals surface area contributed by atoms with Crippen LogP contribution in [0.15, 0.2) is 48.6 Å². The monoisotopic (exact) mass is 528 g/mol. The number of carbonyl (C=O) groups is 3. The van der Waals surface area contributed by atoms with Gasteiger partial charge in [-0.05, 0) is 56.4 Å². The molecular weight excluding hydrogens is 496 g/mol. The summed E-state index contributed by atoms with van der Waals surface area (Å²) < 4.78 is 12.5. The number of amides is 2. The fourth-order valence-electron chi connectivity index (χ4n) is 6.36. The summed E-state index contributed by atoms with van der Waals surface area (Å²) in [5.41, 5.74) is -1.72. The Hall–Kier alpha value is -2.68. The van der Waals surface area contributed by atoms with E-state index in [1.807, 2.05) is 31.2 Å². The van der Waals surface area contributed by atoms with E-state index in [1.54, 1.807) is 34.1 Å². The van der Waals surface area contributed by atoms with Crippen molar-refractivity contribution in [2.75, 3.05) is 31.2 Å². The van der Waals surface area contributed by atoms with Crippen LogP contribution < -0.4 is 4.90 Å². The van der Waals surface area contributed by atoms with Gasteiger partial charge in [-0.15, -0.1) is 0 Å². The summed E-state index contributed by atoms with van der Waals surface area (Å²) >= 11 is 6.09. The van der Waals surface area contributed by atoms with Crippen molar-refractivity contribution in [3.63, 3.8) is 0 Å². The smallest absolute Gasteiger partial charge is 0.313 e. The Kier molecular flexibility index (Phi) is 7.18. The first-order chi connectivity index (χ1) is 17.9. The van der Waals surface area contributed by atoms with E-state index in [-0.39, 0.29) is 38.1 Å². The summed E-state index contributed by atoms with van der Waals surface area (Å²) in [6.45, 7) is 2.76. The third kappa shape index (κ3) is 4.19. The molecule has 2 fully saturated rings. The number of ether oxygens (including phenoxy) is 2. The molecule has 1 aromatic carbocycles. The maximum Gasteiger partial charge on any atom is 0.313 e. The van der Waals surface area contributed by atoms with Gasteiger partial charge in [-0.2, -0.15) is 0 Å². The van der Waals surface area contributed by atoms with E-state index in [9.17, 15) is 19.5 Å². The topological polar surface area (TPSA) is 96.4 Å². The Morgan fingerprint density at radius 2 is 1.84 bits per heavy atom. The molecule has 1 unspecified atom stereocenters. The molecular formula is C28H33ClN2O6. The first-order valence-electron chi connectivity index (χ1n) is 13.1. The highest BCUT2D eigenvalue weighted by Crippen LogP contribution is 2.58. The van der Waals surface area contributed by atoms with Gasteiger partial charge in [0.05, 0.1) is 12.5 Å². The van der Waals surface area contributed by atoms with Crippen molar-refractivity contribution >= 4 is 35.1 Å². The molecule has 9 heteroatoms. The second kappa shape index (κ2) is 10.2. The van der Waals surface area contributed by atoms with E-state index in [1.165, 1.54) is 0 Å². The molecule has 198 valence electrons. The molecule has 0 saturated carbocycles. The van der Waals surface area contributed by atoms with Gasteiger partial charge in [0.2, 0.25) is 5.91 Å². The molecule has 4 aliphatic heterocycles. The van der Waals surface area contributed by atoms with Crippen LogP contribution in [0.25, 0.3) is 0 Å². The van der Waals surface area contributed by atoms with Crippen molar-refractivity contribution in [3.8, 4) is 0 Å². The largest absolute Gasteiger partial charge is 0.465 e. The van der Waals surface area contributed by atoms with Crippen LogP contribution in [0.2, 0.25) is 5.02 Å². The number of halogens is 1. The number of allylic oxidation sites excluding steroid dienone is 1. The minimum atomic E-state index is -1.32. The zero-order valence-corrected chi connectivity index (χ0v) is 21.7. The standard InChI is InChI=1S/C28H33ClN2O6/c1-2-27-13-4-3-7-18-36-26(35)22(27)21-24(33)31(15-5-6-17-32)23-25(34)30(16-8-14-28(21,23)37-27)20-11-9-19(29)10-12-20/h4,8-14,21-23,32H,2-3,5-7,15-18H2,1H3/b13-4-/t21-,22-,23?,27+,28-/m0/s1. The maximum atomic E-state index is 14.3. The highest BCUT2D eigenvalue weighted by molar-refractivity contribution is 6.30. The summed E-state index contributed by atoms with van der Waals surface area (Å²) in [7, 11) is 0.